The monoisotopic (exact) mass is 408 g/mol. The van der Waals surface area contributed by atoms with Crippen LogP contribution in [0.3, 0.4) is 0 Å². The Morgan fingerprint density at radius 2 is 1.55 bits per heavy atom. The highest BCUT2D eigenvalue weighted by molar-refractivity contribution is 6.07. The van der Waals surface area contributed by atoms with Crippen molar-refractivity contribution in [2.24, 2.45) is 0 Å². The standard InChI is InChI=1S/C25H20N4O2/c30-24(18-6-2-1-3-7-18)27-21-12-10-19(11-13-21)25(31)29-17-23-26-14-15-28(23)16-20-8-4-5-9-22(20)29/h1-15H,16-17H2,(H,27,30). The molecule has 0 saturated carbocycles. The van der Waals surface area contributed by atoms with Gasteiger partial charge in [0, 0.05) is 34.9 Å². The van der Waals surface area contributed by atoms with Crippen molar-refractivity contribution in [2.45, 2.75) is 13.1 Å². The van der Waals surface area contributed by atoms with Gasteiger partial charge in [0.15, 0.2) is 0 Å². The molecule has 3 aromatic carbocycles. The molecule has 0 atom stereocenters. The van der Waals surface area contributed by atoms with Crippen molar-refractivity contribution >= 4 is 23.2 Å². The number of para-hydroxylation sites is 1. The lowest BCUT2D eigenvalue weighted by molar-refractivity contribution is 0.0983. The molecular weight excluding hydrogens is 388 g/mol. The second kappa shape index (κ2) is 7.91. The lowest BCUT2D eigenvalue weighted by atomic mass is 10.1. The van der Waals surface area contributed by atoms with E-state index in [9.17, 15) is 9.59 Å². The van der Waals surface area contributed by atoms with E-state index in [4.69, 9.17) is 0 Å². The summed E-state index contributed by atoms with van der Waals surface area (Å²) in [6, 6.07) is 23.9. The molecule has 0 fully saturated rings. The molecule has 6 nitrogen and oxygen atoms in total. The number of fused-ring (bicyclic) bond motifs is 2. The number of anilines is 2. The highest BCUT2D eigenvalue weighted by atomic mass is 16.2. The van der Waals surface area contributed by atoms with Crippen LogP contribution in [0.4, 0.5) is 11.4 Å². The molecule has 0 aliphatic carbocycles. The molecule has 1 N–H and O–H groups in total. The van der Waals surface area contributed by atoms with Gasteiger partial charge in [0.1, 0.15) is 5.82 Å². The van der Waals surface area contributed by atoms with Crippen LogP contribution in [0.1, 0.15) is 32.1 Å². The summed E-state index contributed by atoms with van der Waals surface area (Å²) in [5.41, 5.74) is 3.72. The highest BCUT2D eigenvalue weighted by Crippen LogP contribution is 2.28. The molecule has 6 heteroatoms. The predicted molar refractivity (Wildman–Crippen MR) is 119 cm³/mol. The predicted octanol–water partition coefficient (Wildman–Crippen LogP) is 4.34. The lowest BCUT2D eigenvalue weighted by Gasteiger charge is -2.22. The van der Waals surface area contributed by atoms with E-state index < -0.39 is 0 Å². The van der Waals surface area contributed by atoms with Crippen LogP contribution in [0, 0.1) is 0 Å². The maximum atomic E-state index is 13.4. The van der Waals surface area contributed by atoms with E-state index >= 15 is 0 Å². The Morgan fingerprint density at radius 3 is 2.35 bits per heavy atom. The van der Waals surface area contributed by atoms with Gasteiger partial charge in [0.05, 0.1) is 13.1 Å². The van der Waals surface area contributed by atoms with Crippen LogP contribution in [-0.2, 0) is 13.1 Å². The van der Waals surface area contributed by atoms with Crippen molar-refractivity contribution in [2.75, 3.05) is 10.2 Å². The number of aromatic nitrogens is 2. The van der Waals surface area contributed by atoms with E-state index in [0.717, 1.165) is 17.1 Å². The largest absolute Gasteiger partial charge is 0.329 e. The average Bonchev–Trinajstić information content (AvgIpc) is 3.18. The molecule has 1 aliphatic rings. The molecule has 0 saturated heterocycles. The minimum absolute atomic E-state index is 0.107. The Bertz CT molecular complexity index is 1250. The van der Waals surface area contributed by atoms with Gasteiger partial charge < -0.3 is 14.8 Å². The van der Waals surface area contributed by atoms with Crippen molar-refractivity contribution in [3.05, 3.63) is 114 Å². The van der Waals surface area contributed by atoms with E-state index in [-0.39, 0.29) is 11.8 Å². The molecule has 4 aromatic rings. The maximum absolute atomic E-state index is 13.4. The summed E-state index contributed by atoms with van der Waals surface area (Å²) < 4.78 is 2.06. The van der Waals surface area contributed by atoms with Gasteiger partial charge in [0.25, 0.3) is 11.8 Å². The van der Waals surface area contributed by atoms with Crippen LogP contribution in [0.2, 0.25) is 0 Å². The summed E-state index contributed by atoms with van der Waals surface area (Å²) in [7, 11) is 0. The van der Waals surface area contributed by atoms with Gasteiger partial charge in [-0.3, -0.25) is 9.59 Å². The fraction of sp³-hybridized carbons (Fsp3) is 0.0800. The zero-order chi connectivity index (χ0) is 21.2. The number of imidazole rings is 1. The first-order chi connectivity index (χ1) is 15.2. The number of hydrogen-bond donors (Lipinski definition) is 1. The Morgan fingerprint density at radius 1 is 0.806 bits per heavy atom. The molecule has 1 aliphatic heterocycles. The SMILES string of the molecule is O=C(Nc1ccc(C(=O)N2Cc3nccn3Cc3ccccc32)cc1)c1ccccc1. The maximum Gasteiger partial charge on any atom is 0.258 e. The first-order valence-corrected chi connectivity index (χ1v) is 10.1. The van der Waals surface area contributed by atoms with Crippen LogP contribution < -0.4 is 10.2 Å². The number of carbonyl (C=O) groups excluding carboxylic acids is 2. The second-order valence-electron chi connectivity index (χ2n) is 7.39. The highest BCUT2D eigenvalue weighted by Gasteiger charge is 2.25. The number of nitrogens with zero attached hydrogens (tertiary/aromatic N) is 3. The number of hydrogen-bond acceptors (Lipinski definition) is 3. The summed E-state index contributed by atoms with van der Waals surface area (Å²) in [6.07, 6.45) is 3.69. The molecule has 0 radical (unpaired) electrons. The fourth-order valence-corrected chi connectivity index (χ4v) is 3.78. The van der Waals surface area contributed by atoms with Gasteiger partial charge in [0.2, 0.25) is 0 Å². The molecule has 2 amide bonds. The molecule has 1 aromatic heterocycles. The van der Waals surface area contributed by atoms with Crippen LogP contribution >= 0.6 is 0 Å². The Labute approximate surface area is 179 Å². The average molecular weight is 408 g/mol. The molecule has 2 heterocycles. The van der Waals surface area contributed by atoms with Crippen LogP contribution in [0.5, 0.6) is 0 Å². The van der Waals surface area contributed by atoms with Crippen LogP contribution in [-0.4, -0.2) is 21.4 Å². The van der Waals surface area contributed by atoms with E-state index in [1.165, 1.54) is 0 Å². The van der Waals surface area contributed by atoms with Gasteiger partial charge in [-0.1, -0.05) is 36.4 Å². The van der Waals surface area contributed by atoms with E-state index in [1.807, 2.05) is 48.7 Å². The van der Waals surface area contributed by atoms with Crippen molar-refractivity contribution < 1.29 is 9.59 Å². The Hall–Kier alpha value is -4.19. The van der Waals surface area contributed by atoms with Crippen LogP contribution in [0.15, 0.2) is 91.3 Å². The lowest BCUT2D eigenvalue weighted by Crippen LogP contribution is -2.30. The number of benzene rings is 3. The van der Waals surface area contributed by atoms with Crippen molar-refractivity contribution in [1.29, 1.82) is 0 Å². The van der Waals surface area contributed by atoms with Gasteiger partial charge in [-0.05, 0) is 48.0 Å². The molecule has 0 unspecified atom stereocenters. The van der Waals surface area contributed by atoms with E-state index in [1.54, 1.807) is 47.5 Å². The zero-order valence-electron chi connectivity index (χ0n) is 16.7. The Balaban J connectivity index is 1.39. The quantitative estimate of drug-likeness (QED) is 0.548. The number of carbonyl (C=O) groups is 2. The molecule has 31 heavy (non-hydrogen) atoms. The van der Waals surface area contributed by atoms with E-state index in [2.05, 4.69) is 14.9 Å². The molecule has 152 valence electrons. The summed E-state index contributed by atoms with van der Waals surface area (Å²) in [6.45, 7) is 1.08. The molecular formula is C25H20N4O2. The van der Waals surface area contributed by atoms with Crippen molar-refractivity contribution in [1.82, 2.24) is 9.55 Å². The van der Waals surface area contributed by atoms with Crippen LogP contribution in [0.25, 0.3) is 0 Å². The molecule has 0 bridgehead atoms. The minimum Gasteiger partial charge on any atom is -0.329 e. The molecule has 5 rings (SSSR count). The number of amides is 2. The Kier molecular flexibility index (Phi) is 4.80. The van der Waals surface area contributed by atoms with Gasteiger partial charge in [-0.2, -0.15) is 0 Å². The number of nitrogens with one attached hydrogen (secondary N) is 1. The summed E-state index contributed by atoms with van der Waals surface area (Å²) in [5.74, 6) is 0.550. The third-order valence-electron chi connectivity index (χ3n) is 5.40. The van der Waals surface area contributed by atoms with Gasteiger partial charge in [-0.25, -0.2) is 4.98 Å². The first-order valence-electron chi connectivity index (χ1n) is 10.1. The van der Waals surface area contributed by atoms with Crippen molar-refractivity contribution in [3.63, 3.8) is 0 Å². The zero-order valence-corrected chi connectivity index (χ0v) is 16.7. The third kappa shape index (κ3) is 3.71. The number of rotatable bonds is 3. The summed E-state index contributed by atoms with van der Waals surface area (Å²) in [4.78, 5) is 31.9. The third-order valence-corrected chi connectivity index (χ3v) is 5.40. The van der Waals surface area contributed by atoms with Gasteiger partial charge >= 0.3 is 0 Å². The first kappa shape index (κ1) is 18.8. The molecule has 0 spiro atoms. The topological polar surface area (TPSA) is 67.2 Å². The second-order valence-corrected chi connectivity index (χ2v) is 7.39. The normalized spacial score (nSPS) is 12.5. The van der Waals surface area contributed by atoms with Crippen molar-refractivity contribution in [3.8, 4) is 0 Å². The van der Waals surface area contributed by atoms with Gasteiger partial charge in [-0.15, -0.1) is 0 Å². The smallest absolute Gasteiger partial charge is 0.258 e. The van der Waals surface area contributed by atoms with E-state index in [0.29, 0.717) is 29.9 Å². The summed E-state index contributed by atoms with van der Waals surface area (Å²) in [5, 5.41) is 2.86. The minimum atomic E-state index is -0.187. The fourth-order valence-electron chi connectivity index (χ4n) is 3.78. The summed E-state index contributed by atoms with van der Waals surface area (Å²) >= 11 is 0.